The van der Waals surface area contributed by atoms with Gasteiger partial charge in [0.1, 0.15) is 22.7 Å². The Bertz CT molecular complexity index is 1210. The van der Waals surface area contributed by atoms with Crippen LogP contribution in [0.3, 0.4) is 0 Å². The molecule has 1 N–H and O–H groups in total. The summed E-state index contributed by atoms with van der Waals surface area (Å²) in [5.74, 6) is 0.824. The van der Waals surface area contributed by atoms with Crippen molar-refractivity contribution < 1.29 is 9.21 Å². The average Bonchev–Trinajstić information content (AvgIpc) is 3.43. The molecule has 4 aromatic rings. The van der Waals surface area contributed by atoms with E-state index in [4.69, 9.17) is 4.42 Å². The Balaban J connectivity index is 1.35. The maximum atomic E-state index is 12.7. The lowest BCUT2D eigenvalue weighted by Gasteiger charge is -2.19. The number of ketones is 1. The second-order valence-electron chi connectivity index (χ2n) is 7.39. The Morgan fingerprint density at radius 3 is 2.90 bits per heavy atom. The summed E-state index contributed by atoms with van der Waals surface area (Å²) in [5, 5.41) is 14.1. The van der Waals surface area contributed by atoms with Gasteiger partial charge in [-0.15, -0.1) is 10.2 Å². The lowest BCUT2D eigenvalue weighted by molar-refractivity contribution is 0.0987. The Hall–Kier alpha value is -3.04. The van der Waals surface area contributed by atoms with E-state index in [1.54, 1.807) is 6.20 Å². The van der Waals surface area contributed by atoms with Crippen LogP contribution in [0, 0.1) is 6.92 Å². The molecule has 0 amide bonds. The van der Waals surface area contributed by atoms with E-state index in [2.05, 4.69) is 30.5 Å². The number of aromatic nitrogens is 5. The third kappa shape index (κ3) is 3.86. The van der Waals surface area contributed by atoms with Crippen LogP contribution in [-0.4, -0.2) is 44.0 Å². The van der Waals surface area contributed by atoms with Crippen molar-refractivity contribution in [2.75, 3.05) is 13.1 Å². The van der Waals surface area contributed by atoms with Gasteiger partial charge in [0.25, 0.3) is 0 Å². The van der Waals surface area contributed by atoms with Crippen molar-refractivity contribution in [2.24, 2.45) is 0 Å². The first-order valence-electron chi connectivity index (χ1n) is 9.91. The number of nitrogens with one attached hydrogen (secondary N) is 1. The van der Waals surface area contributed by atoms with E-state index in [-0.39, 0.29) is 18.1 Å². The number of aryl methyl sites for hydroxylation is 1. The molecule has 1 aliphatic heterocycles. The van der Waals surface area contributed by atoms with Gasteiger partial charge in [-0.3, -0.25) is 9.78 Å². The first kappa shape index (κ1) is 19.0. The van der Waals surface area contributed by atoms with E-state index < -0.39 is 0 Å². The second kappa shape index (κ2) is 8.00. The molecule has 0 saturated carbocycles. The van der Waals surface area contributed by atoms with Crippen LogP contribution < -0.4 is 5.32 Å². The van der Waals surface area contributed by atoms with Crippen molar-refractivity contribution in [3.63, 3.8) is 0 Å². The van der Waals surface area contributed by atoms with Crippen LogP contribution >= 0.6 is 11.3 Å². The minimum atomic E-state index is -0.110. The van der Waals surface area contributed by atoms with E-state index in [0.717, 1.165) is 52.5 Å². The van der Waals surface area contributed by atoms with Gasteiger partial charge in [-0.2, -0.15) is 0 Å². The van der Waals surface area contributed by atoms with Crippen LogP contribution in [-0.2, 0) is 6.42 Å². The minimum Gasteiger partial charge on any atom is -0.448 e. The van der Waals surface area contributed by atoms with E-state index in [1.807, 2.05) is 25.1 Å². The van der Waals surface area contributed by atoms with E-state index >= 15 is 0 Å². The smallest absolute Gasteiger partial charge is 0.197 e. The predicted molar refractivity (Wildman–Crippen MR) is 113 cm³/mol. The highest BCUT2D eigenvalue weighted by Crippen LogP contribution is 2.26. The fourth-order valence-electron chi connectivity index (χ4n) is 3.60. The summed E-state index contributed by atoms with van der Waals surface area (Å²) >= 11 is 1.50. The number of fused-ring (bicyclic) bond motifs is 1. The second-order valence-corrected chi connectivity index (χ2v) is 8.57. The topological polar surface area (TPSA) is 107 Å². The summed E-state index contributed by atoms with van der Waals surface area (Å²) in [6.07, 6.45) is 5.31. The Morgan fingerprint density at radius 1 is 1.23 bits per heavy atom. The number of oxazole rings is 1. The molecule has 1 aliphatic rings. The maximum absolute atomic E-state index is 12.7. The summed E-state index contributed by atoms with van der Waals surface area (Å²) in [5.41, 5.74) is 2.54. The zero-order chi connectivity index (χ0) is 20.5. The largest absolute Gasteiger partial charge is 0.448 e. The molecule has 0 unspecified atom stereocenters. The molecule has 8 nitrogen and oxygen atoms in total. The fraction of sp³-hybridized carbons (Fsp3) is 0.333. The Morgan fingerprint density at radius 2 is 2.10 bits per heavy atom. The molecular weight excluding hydrogens is 400 g/mol. The zero-order valence-electron chi connectivity index (χ0n) is 16.5. The van der Waals surface area contributed by atoms with Crippen molar-refractivity contribution in [1.82, 2.24) is 30.5 Å². The number of carbonyl (C=O) groups is 1. The molecule has 1 fully saturated rings. The molecule has 5 rings (SSSR count). The van der Waals surface area contributed by atoms with Crippen LogP contribution in [0.4, 0.5) is 0 Å². The highest BCUT2D eigenvalue weighted by Gasteiger charge is 2.22. The van der Waals surface area contributed by atoms with E-state index in [1.165, 1.54) is 17.6 Å². The monoisotopic (exact) mass is 420 g/mol. The molecule has 4 aromatic heterocycles. The molecule has 0 aromatic carbocycles. The molecular formula is C21H20N6O2S. The number of nitrogens with zero attached hydrogens (tertiary/aromatic N) is 5. The van der Waals surface area contributed by atoms with Gasteiger partial charge in [0.2, 0.25) is 0 Å². The molecule has 0 radical (unpaired) electrons. The fourth-order valence-corrected chi connectivity index (χ4v) is 4.26. The van der Waals surface area contributed by atoms with Crippen molar-refractivity contribution in [2.45, 2.75) is 32.1 Å². The highest BCUT2D eigenvalue weighted by molar-refractivity contribution is 7.14. The molecule has 0 aliphatic carbocycles. The van der Waals surface area contributed by atoms with Crippen molar-refractivity contribution in [3.8, 4) is 10.7 Å². The lowest BCUT2D eigenvalue weighted by atomic mass is 9.98. The van der Waals surface area contributed by atoms with E-state index in [9.17, 15) is 4.79 Å². The number of hydrogen-bond acceptors (Lipinski definition) is 9. The molecule has 152 valence electrons. The van der Waals surface area contributed by atoms with Crippen LogP contribution in [0.1, 0.15) is 45.8 Å². The number of hydrogen-bond donors (Lipinski definition) is 1. The quantitative estimate of drug-likeness (QED) is 0.490. The lowest BCUT2D eigenvalue weighted by Crippen LogP contribution is -2.26. The number of carbonyl (C=O) groups excluding carboxylic acids is 1. The molecule has 30 heavy (non-hydrogen) atoms. The molecule has 0 spiro atoms. The third-order valence-corrected chi connectivity index (χ3v) is 6.07. The van der Waals surface area contributed by atoms with Gasteiger partial charge in [-0.05, 0) is 51.1 Å². The van der Waals surface area contributed by atoms with E-state index in [0.29, 0.717) is 17.3 Å². The predicted octanol–water partition coefficient (Wildman–Crippen LogP) is 3.34. The van der Waals surface area contributed by atoms with Gasteiger partial charge >= 0.3 is 0 Å². The molecule has 0 bridgehead atoms. The van der Waals surface area contributed by atoms with Crippen LogP contribution in [0.2, 0.25) is 0 Å². The number of piperidine rings is 1. The zero-order valence-corrected chi connectivity index (χ0v) is 17.3. The van der Waals surface area contributed by atoms with Gasteiger partial charge in [0.05, 0.1) is 17.6 Å². The van der Waals surface area contributed by atoms with Crippen LogP contribution in [0.15, 0.2) is 35.1 Å². The van der Waals surface area contributed by atoms with Crippen molar-refractivity contribution in [3.05, 3.63) is 52.9 Å². The van der Waals surface area contributed by atoms with Gasteiger partial charge in [-0.25, -0.2) is 9.97 Å². The summed E-state index contributed by atoms with van der Waals surface area (Å²) in [6.45, 7) is 3.81. The summed E-state index contributed by atoms with van der Waals surface area (Å²) < 4.78 is 5.60. The number of Topliss-reactive ketones (excluding diaryl/α,β-unsaturated/α-hetero) is 1. The van der Waals surface area contributed by atoms with Crippen LogP contribution in [0.5, 0.6) is 0 Å². The number of rotatable bonds is 5. The van der Waals surface area contributed by atoms with Gasteiger partial charge in [-0.1, -0.05) is 11.3 Å². The third-order valence-electron chi connectivity index (χ3n) is 5.21. The first-order valence-corrected chi connectivity index (χ1v) is 10.7. The molecule has 5 heterocycles. The van der Waals surface area contributed by atoms with Gasteiger partial charge in [0, 0.05) is 17.5 Å². The van der Waals surface area contributed by atoms with Gasteiger partial charge < -0.3 is 9.73 Å². The average molecular weight is 420 g/mol. The normalized spacial score (nSPS) is 15.0. The molecule has 9 heteroatoms. The van der Waals surface area contributed by atoms with Crippen molar-refractivity contribution in [1.29, 1.82) is 0 Å². The standard InChI is InChI=1S/C21H20N6O2S/c1-12-26-27-21(30-12)16-3-2-14-10-23-15(8-17(14)24-16)9-19(28)18-11-29-20(25-18)13-4-6-22-7-5-13/h2-3,8,10-11,13,22H,4-7,9H2,1H3. The first-order chi connectivity index (χ1) is 14.7. The highest BCUT2D eigenvalue weighted by atomic mass is 32.1. The molecule has 1 saturated heterocycles. The van der Waals surface area contributed by atoms with Crippen LogP contribution in [0.25, 0.3) is 21.6 Å². The summed E-state index contributed by atoms with van der Waals surface area (Å²) in [7, 11) is 0. The van der Waals surface area contributed by atoms with Crippen molar-refractivity contribution >= 4 is 28.0 Å². The summed E-state index contributed by atoms with van der Waals surface area (Å²) in [6, 6.07) is 5.71. The SMILES string of the molecule is Cc1nnc(-c2ccc3cnc(CC(=O)c4coc(C5CCNCC5)n4)cc3n2)s1. The Kier molecular flexibility index (Phi) is 5.06. The molecule has 0 atom stereocenters. The summed E-state index contributed by atoms with van der Waals surface area (Å²) in [4.78, 5) is 26.3. The maximum Gasteiger partial charge on any atom is 0.197 e. The van der Waals surface area contributed by atoms with Gasteiger partial charge in [0.15, 0.2) is 16.7 Å². The number of pyridine rings is 2. The Labute approximate surface area is 176 Å². The minimum absolute atomic E-state index is 0.110.